The van der Waals surface area contributed by atoms with Crippen LogP contribution in [0.4, 0.5) is 5.69 Å². The largest absolute Gasteiger partial charge is 0.325 e. The van der Waals surface area contributed by atoms with E-state index in [1.807, 2.05) is 49.4 Å². The molecule has 1 atom stereocenters. The Labute approximate surface area is 129 Å². The van der Waals surface area contributed by atoms with Gasteiger partial charge in [0.15, 0.2) is 0 Å². The van der Waals surface area contributed by atoms with Gasteiger partial charge in [-0.2, -0.15) is 0 Å². The number of fused-ring (bicyclic) bond motifs is 1. The SMILES string of the molecule is C=Cc1ccc(CC2(C)C(=O)Nc3cccc(Cl)c32)cc1. The Balaban J connectivity index is 2.01. The second kappa shape index (κ2) is 5.05. The van der Waals surface area contributed by atoms with Gasteiger partial charge in [0.25, 0.3) is 0 Å². The van der Waals surface area contributed by atoms with Crippen LogP contribution in [0.15, 0.2) is 49.0 Å². The fourth-order valence-corrected chi connectivity index (χ4v) is 3.29. The molecule has 3 heteroatoms. The number of halogens is 1. The third-order valence-electron chi connectivity index (χ3n) is 4.09. The number of carbonyl (C=O) groups is 1. The van der Waals surface area contributed by atoms with Crippen molar-refractivity contribution in [2.45, 2.75) is 18.8 Å². The molecule has 2 aromatic carbocycles. The minimum atomic E-state index is -0.636. The Bertz CT molecular complexity index is 720. The number of hydrogen-bond acceptors (Lipinski definition) is 1. The summed E-state index contributed by atoms with van der Waals surface area (Å²) in [7, 11) is 0. The second-order valence-corrected chi connectivity index (χ2v) is 5.98. The number of rotatable bonds is 3. The Morgan fingerprint density at radius 2 is 1.95 bits per heavy atom. The highest BCUT2D eigenvalue weighted by Crippen LogP contribution is 2.43. The highest BCUT2D eigenvalue weighted by molar-refractivity contribution is 6.33. The molecule has 1 aliphatic rings. The van der Waals surface area contributed by atoms with Gasteiger partial charge in [-0.3, -0.25) is 4.79 Å². The normalized spacial score (nSPS) is 20.0. The number of nitrogens with one attached hydrogen (secondary N) is 1. The molecule has 1 aliphatic heterocycles. The maximum absolute atomic E-state index is 12.4. The quantitative estimate of drug-likeness (QED) is 0.892. The van der Waals surface area contributed by atoms with Gasteiger partial charge in [-0.25, -0.2) is 0 Å². The van der Waals surface area contributed by atoms with E-state index in [-0.39, 0.29) is 5.91 Å². The zero-order valence-corrected chi connectivity index (χ0v) is 12.6. The fourth-order valence-electron chi connectivity index (χ4n) is 2.91. The first-order valence-corrected chi connectivity index (χ1v) is 7.24. The van der Waals surface area contributed by atoms with Crippen molar-refractivity contribution in [2.24, 2.45) is 0 Å². The van der Waals surface area contributed by atoms with E-state index in [1.165, 1.54) is 0 Å². The number of benzene rings is 2. The summed E-state index contributed by atoms with van der Waals surface area (Å²) in [6.45, 7) is 5.70. The van der Waals surface area contributed by atoms with E-state index in [9.17, 15) is 4.79 Å². The molecule has 0 saturated carbocycles. The van der Waals surface area contributed by atoms with Crippen LogP contribution in [-0.2, 0) is 16.6 Å². The Kier molecular flexibility index (Phi) is 3.34. The first kappa shape index (κ1) is 13.9. The lowest BCUT2D eigenvalue weighted by atomic mass is 9.78. The van der Waals surface area contributed by atoms with Gasteiger partial charge in [0.2, 0.25) is 5.91 Å². The van der Waals surface area contributed by atoms with Gasteiger partial charge < -0.3 is 5.32 Å². The molecule has 0 spiro atoms. The van der Waals surface area contributed by atoms with Crippen LogP contribution >= 0.6 is 11.6 Å². The van der Waals surface area contributed by atoms with E-state index in [2.05, 4.69) is 11.9 Å². The molecule has 2 nitrogen and oxygen atoms in total. The Morgan fingerprint density at radius 3 is 2.62 bits per heavy atom. The maximum atomic E-state index is 12.4. The topological polar surface area (TPSA) is 29.1 Å². The van der Waals surface area contributed by atoms with Crippen LogP contribution in [0.1, 0.15) is 23.6 Å². The third-order valence-corrected chi connectivity index (χ3v) is 4.40. The third kappa shape index (κ3) is 2.26. The van der Waals surface area contributed by atoms with Crippen molar-refractivity contribution in [1.29, 1.82) is 0 Å². The number of carbonyl (C=O) groups excluding carboxylic acids is 1. The molecule has 1 heterocycles. The van der Waals surface area contributed by atoms with Gasteiger partial charge in [0.1, 0.15) is 0 Å². The molecule has 0 aliphatic carbocycles. The van der Waals surface area contributed by atoms with E-state index >= 15 is 0 Å². The van der Waals surface area contributed by atoms with Gasteiger partial charge in [0.05, 0.1) is 5.41 Å². The van der Waals surface area contributed by atoms with E-state index in [0.717, 1.165) is 22.4 Å². The van der Waals surface area contributed by atoms with E-state index < -0.39 is 5.41 Å². The van der Waals surface area contributed by atoms with E-state index in [0.29, 0.717) is 11.4 Å². The summed E-state index contributed by atoms with van der Waals surface area (Å²) < 4.78 is 0. The lowest BCUT2D eigenvalue weighted by Gasteiger charge is -2.23. The summed E-state index contributed by atoms with van der Waals surface area (Å²) >= 11 is 6.33. The van der Waals surface area contributed by atoms with Gasteiger partial charge in [-0.1, -0.05) is 54.6 Å². The van der Waals surface area contributed by atoms with Crippen molar-refractivity contribution in [3.05, 3.63) is 70.8 Å². The zero-order chi connectivity index (χ0) is 15.0. The predicted octanol–water partition coefficient (Wildman–Crippen LogP) is 4.44. The van der Waals surface area contributed by atoms with Crippen molar-refractivity contribution in [2.75, 3.05) is 5.32 Å². The summed E-state index contributed by atoms with van der Waals surface area (Å²) in [5, 5.41) is 3.57. The van der Waals surface area contributed by atoms with Crippen LogP contribution in [0, 0.1) is 0 Å². The monoisotopic (exact) mass is 297 g/mol. The minimum Gasteiger partial charge on any atom is -0.325 e. The van der Waals surface area contributed by atoms with E-state index in [4.69, 9.17) is 11.6 Å². The summed E-state index contributed by atoms with van der Waals surface area (Å²) in [6.07, 6.45) is 2.42. The summed E-state index contributed by atoms with van der Waals surface area (Å²) in [5.74, 6) is -0.00148. The van der Waals surface area contributed by atoms with Crippen molar-refractivity contribution in [3.63, 3.8) is 0 Å². The minimum absolute atomic E-state index is 0.00148. The van der Waals surface area contributed by atoms with Crippen LogP contribution in [0.25, 0.3) is 6.08 Å². The molecule has 2 aromatic rings. The van der Waals surface area contributed by atoms with Crippen LogP contribution in [0.3, 0.4) is 0 Å². The number of hydrogen-bond donors (Lipinski definition) is 1. The molecule has 1 unspecified atom stereocenters. The van der Waals surface area contributed by atoms with Crippen LogP contribution in [-0.4, -0.2) is 5.91 Å². The van der Waals surface area contributed by atoms with Crippen molar-refractivity contribution < 1.29 is 4.79 Å². The molecule has 3 rings (SSSR count). The molecule has 106 valence electrons. The fraction of sp³-hybridized carbons (Fsp3) is 0.167. The summed E-state index contributed by atoms with van der Waals surface area (Å²) in [6, 6.07) is 13.7. The van der Waals surface area contributed by atoms with Gasteiger partial charge in [-0.15, -0.1) is 0 Å². The second-order valence-electron chi connectivity index (χ2n) is 5.57. The molecule has 1 N–H and O–H groups in total. The Morgan fingerprint density at radius 1 is 1.24 bits per heavy atom. The zero-order valence-electron chi connectivity index (χ0n) is 11.8. The summed E-state index contributed by atoms with van der Waals surface area (Å²) in [5.41, 5.74) is 3.25. The van der Waals surface area contributed by atoms with Crippen molar-refractivity contribution in [1.82, 2.24) is 0 Å². The number of anilines is 1. The molecule has 0 aromatic heterocycles. The summed E-state index contributed by atoms with van der Waals surface area (Å²) in [4.78, 5) is 12.4. The Hall–Kier alpha value is -2.06. The first-order chi connectivity index (χ1) is 10.0. The molecular formula is C18H16ClNO. The van der Waals surface area contributed by atoms with Crippen LogP contribution < -0.4 is 5.32 Å². The average molecular weight is 298 g/mol. The standard InChI is InChI=1S/C18H16ClNO/c1-3-12-7-9-13(10-8-12)11-18(2)16-14(19)5-4-6-15(16)20-17(18)21/h3-10H,1,11H2,2H3,(H,20,21). The van der Waals surface area contributed by atoms with Gasteiger partial charge in [0, 0.05) is 16.3 Å². The van der Waals surface area contributed by atoms with Crippen LogP contribution in [0.2, 0.25) is 5.02 Å². The maximum Gasteiger partial charge on any atom is 0.235 e. The molecular weight excluding hydrogens is 282 g/mol. The lowest BCUT2D eigenvalue weighted by molar-refractivity contribution is -0.120. The van der Waals surface area contributed by atoms with Gasteiger partial charge in [-0.05, 0) is 36.6 Å². The lowest BCUT2D eigenvalue weighted by Crippen LogP contribution is -2.33. The molecule has 0 bridgehead atoms. The first-order valence-electron chi connectivity index (χ1n) is 6.86. The van der Waals surface area contributed by atoms with E-state index in [1.54, 1.807) is 6.08 Å². The van der Waals surface area contributed by atoms with Crippen molar-refractivity contribution >= 4 is 29.3 Å². The highest BCUT2D eigenvalue weighted by Gasteiger charge is 2.44. The average Bonchev–Trinajstić information content (AvgIpc) is 2.72. The molecule has 0 radical (unpaired) electrons. The van der Waals surface area contributed by atoms with Crippen molar-refractivity contribution in [3.8, 4) is 0 Å². The molecule has 0 saturated heterocycles. The predicted molar refractivity (Wildman–Crippen MR) is 87.7 cm³/mol. The highest BCUT2D eigenvalue weighted by atomic mass is 35.5. The smallest absolute Gasteiger partial charge is 0.235 e. The van der Waals surface area contributed by atoms with Crippen LogP contribution in [0.5, 0.6) is 0 Å². The molecule has 21 heavy (non-hydrogen) atoms. The molecule has 1 amide bonds. The van der Waals surface area contributed by atoms with Gasteiger partial charge >= 0.3 is 0 Å². The number of amides is 1. The molecule has 0 fully saturated rings.